The van der Waals surface area contributed by atoms with Crippen molar-refractivity contribution in [1.29, 1.82) is 0 Å². The molecular formula is C17H22N2O2S. The van der Waals surface area contributed by atoms with Gasteiger partial charge in [0.05, 0.1) is 22.7 Å². The Morgan fingerprint density at radius 2 is 2.14 bits per heavy atom. The first-order valence-corrected chi connectivity index (χ1v) is 8.84. The fraction of sp³-hybridized carbons (Fsp3) is 0.529. The van der Waals surface area contributed by atoms with E-state index in [0.717, 1.165) is 43.0 Å². The van der Waals surface area contributed by atoms with Crippen LogP contribution in [0.5, 0.6) is 0 Å². The van der Waals surface area contributed by atoms with Crippen LogP contribution < -0.4 is 4.90 Å². The van der Waals surface area contributed by atoms with Crippen molar-refractivity contribution in [3.05, 3.63) is 23.8 Å². The number of carbonyl (C=O) groups excluding carboxylic acids is 1. The average Bonchev–Trinajstić information content (AvgIpc) is 2.98. The summed E-state index contributed by atoms with van der Waals surface area (Å²) < 4.78 is 6.38. The van der Waals surface area contributed by atoms with E-state index >= 15 is 0 Å². The molecule has 1 aliphatic heterocycles. The number of hydrogen-bond donors (Lipinski definition) is 0. The monoisotopic (exact) mass is 318 g/mol. The number of anilines is 1. The fourth-order valence-electron chi connectivity index (χ4n) is 2.88. The predicted molar refractivity (Wildman–Crippen MR) is 90.6 cm³/mol. The summed E-state index contributed by atoms with van der Waals surface area (Å²) in [4.78, 5) is 18.8. The van der Waals surface area contributed by atoms with Gasteiger partial charge in [-0.05, 0) is 43.9 Å². The Balaban J connectivity index is 1.69. The molecule has 1 saturated heterocycles. The van der Waals surface area contributed by atoms with Crippen LogP contribution in [0.3, 0.4) is 0 Å². The molecule has 0 aliphatic carbocycles. The zero-order valence-electron chi connectivity index (χ0n) is 13.2. The maximum absolute atomic E-state index is 11.8. The molecule has 0 unspecified atom stereocenters. The molecule has 0 N–H and O–H groups in total. The molecule has 0 atom stereocenters. The molecular weight excluding hydrogens is 296 g/mol. The van der Waals surface area contributed by atoms with Gasteiger partial charge in [-0.25, -0.2) is 4.98 Å². The molecule has 2 aromatic rings. The van der Waals surface area contributed by atoms with Gasteiger partial charge in [0, 0.05) is 13.1 Å². The molecule has 22 heavy (non-hydrogen) atoms. The van der Waals surface area contributed by atoms with Crippen LogP contribution in [0.1, 0.15) is 32.3 Å². The van der Waals surface area contributed by atoms with E-state index in [-0.39, 0.29) is 11.9 Å². The van der Waals surface area contributed by atoms with Gasteiger partial charge in [-0.1, -0.05) is 24.3 Å². The van der Waals surface area contributed by atoms with Gasteiger partial charge in [0.2, 0.25) is 0 Å². The zero-order chi connectivity index (χ0) is 15.5. The maximum atomic E-state index is 11.8. The molecule has 0 amide bonds. The minimum atomic E-state index is -0.0426. The van der Waals surface area contributed by atoms with Crippen molar-refractivity contribution < 1.29 is 9.53 Å². The van der Waals surface area contributed by atoms with Gasteiger partial charge in [0.25, 0.3) is 0 Å². The molecule has 0 saturated carbocycles. The van der Waals surface area contributed by atoms with Gasteiger partial charge in [-0.2, -0.15) is 0 Å². The highest BCUT2D eigenvalue weighted by Crippen LogP contribution is 2.32. The van der Waals surface area contributed by atoms with E-state index in [9.17, 15) is 4.79 Å². The van der Waals surface area contributed by atoms with Gasteiger partial charge >= 0.3 is 5.97 Å². The lowest BCUT2D eigenvalue weighted by Gasteiger charge is -2.30. The van der Waals surface area contributed by atoms with Gasteiger partial charge in [0.1, 0.15) is 0 Å². The van der Waals surface area contributed by atoms with E-state index in [1.54, 1.807) is 11.3 Å². The lowest BCUT2D eigenvalue weighted by molar-refractivity contribution is -0.148. The highest BCUT2D eigenvalue weighted by molar-refractivity contribution is 7.22. The summed E-state index contributed by atoms with van der Waals surface area (Å²) >= 11 is 1.75. The van der Waals surface area contributed by atoms with Crippen LogP contribution in [0, 0.1) is 5.92 Å². The highest BCUT2D eigenvalue weighted by Gasteiger charge is 2.27. The van der Waals surface area contributed by atoms with Crippen molar-refractivity contribution in [2.75, 3.05) is 24.6 Å². The number of hydrogen-bond acceptors (Lipinski definition) is 5. The molecule has 118 valence electrons. The zero-order valence-corrected chi connectivity index (χ0v) is 14.0. The lowest BCUT2D eigenvalue weighted by Crippen LogP contribution is -2.36. The van der Waals surface area contributed by atoms with E-state index in [1.165, 1.54) is 10.3 Å². The number of aromatic nitrogens is 1. The minimum Gasteiger partial charge on any atom is -0.466 e. The Labute approximate surface area is 135 Å². The third-order valence-electron chi connectivity index (χ3n) is 4.24. The smallest absolute Gasteiger partial charge is 0.309 e. The van der Waals surface area contributed by atoms with E-state index in [4.69, 9.17) is 9.72 Å². The molecule has 1 fully saturated rings. The average molecular weight is 318 g/mol. The summed E-state index contributed by atoms with van der Waals surface area (Å²) in [6.45, 7) is 6.26. The summed E-state index contributed by atoms with van der Waals surface area (Å²) in [5.41, 5.74) is 2.42. The Hall–Kier alpha value is -1.62. The predicted octanol–water partition coefficient (Wildman–Crippen LogP) is 3.64. The number of piperidine rings is 1. The molecule has 0 radical (unpaired) electrons. The van der Waals surface area contributed by atoms with Crippen molar-refractivity contribution in [3.8, 4) is 0 Å². The molecule has 4 nitrogen and oxygen atoms in total. The molecule has 3 rings (SSSR count). The second kappa shape index (κ2) is 6.65. The first kappa shape index (κ1) is 15.3. The Morgan fingerprint density at radius 3 is 2.82 bits per heavy atom. The van der Waals surface area contributed by atoms with E-state index in [2.05, 4.69) is 30.0 Å². The number of benzene rings is 1. The SMILES string of the molecule is CCOC(=O)C1CCN(c2nc3ccc(CC)cc3s2)CC1. The first-order chi connectivity index (χ1) is 10.7. The second-order valence-electron chi connectivity index (χ2n) is 5.67. The number of carbonyl (C=O) groups is 1. The van der Waals surface area contributed by atoms with Crippen molar-refractivity contribution in [3.63, 3.8) is 0 Å². The molecule has 0 spiro atoms. The number of rotatable bonds is 4. The molecule has 2 heterocycles. The summed E-state index contributed by atoms with van der Waals surface area (Å²) in [5.74, 6) is 0.0105. The summed E-state index contributed by atoms with van der Waals surface area (Å²) in [7, 11) is 0. The maximum Gasteiger partial charge on any atom is 0.309 e. The number of esters is 1. The van der Waals surface area contributed by atoms with Gasteiger partial charge < -0.3 is 9.64 Å². The third-order valence-corrected chi connectivity index (χ3v) is 5.31. The number of aryl methyl sites for hydroxylation is 1. The van der Waals surface area contributed by atoms with Crippen LogP contribution >= 0.6 is 11.3 Å². The van der Waals surface area contributed by atoms with Gasteiger partial charge in [0.15, 0.2) is 5.13 Å². The highest BCUT2D eigenvalue weighted by atomic mass is 32.1. The minimum absolute atomic E-state index is 0.0426. The second-order valence-corrected chi connectivity index (χ2v) is 6.67. The van der Waals surface area contributed by atoms with Crippen LogP contribution in [0.25, 0.3) is 10.2 Å². The van der Waals surface area contributed by atoms with Gasteiger partial charge in [-0.3, -0.25) is 4.79 Å². The largest absolute Gasteiger partial charge is 0.466 e. The van der Waals surface area contributed by atoms with E-state index < -0.39 is 0 Å². The Kier molecular flexibility index (Phi) is 4.62. The van der Waals surface area contributed by atoms with Crippen LogP contribution in [-0.2, 0) is 16.0 Å². The number of ether oxygens (including phenoxy) is 1. The number of nitrogens with zero attached hydrogens (tertiary/aromatic N) is 2. The number of thiazole rings is 1. The summed E-state index contributed by atoms with van der Waals surface area (Å²) in [6, 6.07) is 6.50. The van der Waals surface area contributed by atoms with Crippen LogP contribution in [0.2, 0.25) is 0 Å². The quantitative estimate of drug-likeness (QED) is 0.807. The van der Waals surface area contributed by atoms with Crippen LogP contribution in [0.15, 0.2) is 18.2 Å². The lowest BCUT2D eigenvalue weighted by atomic mass is 9.97. The normalized spacial score (nSPS) is 16.2. The molecule has 0 bridgehead atoms. The summed E-state index contributed by atoms with van der Waals surface area (Å²) in [6.07, 6.45) is 2.76. The Morgan fingerprint density at radius 1 is 1.36 bits per heavy atom. The fourth-order valence-corrected chi connectivity index (χ4v) is 3.96. The summed E-state index contributed by atoms with van der Waals surface area (Å²) in [5, 5.41) is 1.07. The van der Waals surface area contributed by atoms with Crippen LogP contribution in [-0.4, -0.2) is 30.6 Å². The molecule has 1 aromatic carbocycles. The van der Waals surface area contributed by atoms with E-state index in [0.29, 0.717) is 6.61 Å². The molecule has 5 heteroatoms. The molecule has 1 aromatic heterocycles. The van der Waals surface area contributed by atoms with Crippen molar-refractivity contribution in [2.24, 2.45) is 5.92 Å². The molecule has 1 aliphatic rings. The van der Waals surface area contributed by atoms with E-state index in [1.807, 2.05) is 6.92 Å². The standard InChI is InChI=1S/C17H22N2O2S/c1-3-12-5-6-14-15(11-12)22-17(18-14)19-9-7-13(8-10-19)16(20)21-4-2/h5-6,11,13H,3-4,7-10H2,1-2H3. The number of fused-ring (bicyclic) bond motifs is 1. The first-order valence-electron chi connectivity index (χ1n) is 8.02. The van der Waals surface area contributed by atoms with Crippen molar-refractivity contribution in [2.45, 2.75) is 33.1 Å². The van der Waals surface area contributed by atoms with Gasteiger partial charge in [-0.15, -0.1) is 0 Å². The topological polar surface area (TPSA) is 42.4 Å². The van der Waals surface area contributed by atoms with Crippen molar-refractivity contribution in [1.82, 2.24) is 4.98 Å². The Bertz CT molecular complexity index is 660. The van der Waals surface area contributed by atoms with Crippen molar-refractivity contribution >= 4 is 32.7 Å². The third kappa shape index (κ3) is 3.09. The van der Waals surface area contributed by atoms with Crippen LogP contribution in [0.4, 0.5) is 5.13 Å².